The minimum atomic E-state index is -0.596. The summed E-state index contributed by atoms with van der Waals surface area (Å²) in [6, 6.07) is 3.50. The molecule has 0 saturated heterocycles. The molecule has 1 saturated carbocycles. The Hall–Kier alpha value is -1.49. The molecule has 0 bridgehead atoms. The van der Waals surface area contributed by atoms with Crippen molar-refractivity contribution in [2.45, 2.75) is 18.8 Å². The number of benzene rings is 1. The van der Waals surface area contributed by atoms with E-state index in [2.05, 4.69) is 5.32 Å². The summed E-state index contributed by atoms with van der Waals surface area (Å²) in [5.41, 5.74) is 5.75. The van der Waals surface area contributed by atoms with E-state index in [-0.39, 0.29) is 17.7 Å². The van der Waals surface area contributed by atoms with Crippen molar-refractivity contribution in [2.75, 3.05) is 13.1 Å². The molecule has 2 rings (SSSR count). The molecule has 0 spiro atoms. The normalized spacial score (nSPS) is 21.7. The van der Waals surface area contributed by atoms with Gasteiger partial charge in [0.25, 0.3) is 0 Å². The predicted octanol–water partition coefficient (Wildman–Crippen LogP) is 1.53. The smallest absolute Gasteiger partial charge is 0.223 e. The zero-order valence-corrected chi connectivity index (χ0v) is 9.96. The predicted molar refractivity (Wildman–Crippen MR) is 63.9 cm³/mol. The first-order valence-corrected chi connectivity index (χ1v) is 6.06. The molecule has 0 radical (unpaired) electrons. The highest BCUT2D eigenvalue weighted by Gasteiger charge is 2.44. The van der Waals surface area contributed by atoms with Crippen LogP contribution in [0.15, 0.2) is 18.2 Å². The Balaban J connectivity index is 1.92. The number of halogens is 2. The third kappa shape index (κ3) is 2.85. The molecular weight excluding hydrogens is 238 g/mol. The number of amides is 1. The Morgan fingerprint density at radius 1 is 1.44 bits per heavy atom. The maximum atomic E-state index is 13.5. The van der Waals surface area contributed by atoms with Crippen LogP contribution in [0.5, 0.6) is 0 Å². The van der Waals surface area contributed by atoms with Gasteiger partial charge in [-0.3, -0.25) is 4.79 Å². The molecule has 1 aliphatic rings. The van der Waals surface area contributed by atoms with Gasteiger partial charge in [-0.2, -0.15) is 0 Å². The molecule has 18 heavy (non-hydrogen) atoms. The number of rotatable bonds is 5. The Morgan fingerprint density at radius 3 is 2.89 bits per heavy atom. The Kier molecular flexibility index (Phi) is 3.91. The van der Waals surface area contributed by atoms with Crippen molar-refractivity contribution in [2.24, 2.45) is 11.7 Å². The van der Waals surface area contributed by atoms with Crippen LogP contribution < -0.4 is 11.1 Å². The van der Waals surface area contributed by atoms with Gasteiger partial charge in [0.1, 0.15) is 11.6 Å². The topological polar surface area (TPSA) is 55.1 Å². The molecule has 2 atom stereocenters. The molecule has 0 heterocycles. The van der Waals surface area contributed by atoms with E-state index in [9.17, 15) is 13.6 Å². The van der Waals surface area contributed by atoms with Gasteiger partial charge in [0.05, 0.1) is 0 Å². The number of nitrogens with one attached hydrogen (secondary N) is 1. The minimum absolute atomic E-state index is 0.0721. The number of carbonyl (C=O) groups excluding carboxylic acids is 1. The quantitative estimate of drug-likeness (QED) is 0.783. The van der Waals surface area contributed by atoms with Crippen LogP contribution in [0.4, 0.5) is 8.78 Å². The summed E-state index contributed by atoms with van der Waals surface area (Å²) in [7, 11) is 0. The highest BCUT2D eigenvalue weighted by Crippen LogP contribution is 2.48. The van der Waals surface area contributed by atoms with Crippen LogP contribution in [0, 0.1) is 17.6 Å². The molecule has 1 amide bonds. The summed E-state index contributed by atoms with van der Waals surface area (Å²) in [5, 5.41) is 2.76. The van der Waals surface area contributed by atoms with Gasteiger partial charge < -0.3 is 11.1 Å². The maximum Gasteiger partial charge on any atom is 0.223 e. The highest BCUT2D eigenvalue weighted by atomic mass is 19.1. The van der Waals surface area contributed by atoms with E-state index in [0.717, 1.165) is 12.5 Å². The second kappa shape index (κ2) is 5.44. The first-order valence-electron chi connectivity index (χ1n) is 6.06. The van der Waals surface area contributed by atoms with Crippen LogP contribution in [0.3, 0.4) is 0 Å². The average molecular weight is 254 g/mol. The maximum absolute atomic E-state index is 13.5. The van der Waals surface area contributed by atoms with Crippen molar-refractivity contribution in [3.8, 4) is 0 Å². The molecule has 1 fully saturated rings. The van der Waals surface area contributed by atoms with Gasteiger partial charge in [-0.25, -0.2) is 8.78 Å². The summed E-state index contributed by atoms with van der Waals surface area (Å²) >= 11 is 0. The van der Waals surface area contributed by atoms with Crippen molar-refractivity contribution < 1.29 is 13.6 Å². The molecule has 98 valence electrons. The van der Waals surface area contributed by atoms with Crippen LogP contribution in [0.2, 0.25) is 0 Å². The fraction of sp³-hybridized carbons (Fsp3) is 0.462. The lowest BCUT2D eigenvalue weighted by molar-refractivity contribution is -0.122. The van der Waals surface area contributed by atoms with Gasteiger partial charge in [-0.05, 0) is 36.9 Å². The first-order chi connectivity index (χ1) is 8.63. The number of carbonyl (C=O) groups is 1. The van der Waals surface area contributed by atoms with Crippen molar-refractivity contribution >= 4 is 5.91 Å². The summed E-state index contributed by atoms with van der Waals surface area (Å²) in [5.74, 6) is -1.55. The van der Waals surface area contributed by atoms with Crippen molar-refractivity contribution in [3.63, 3.8) is 0 Å². The molecular formula is C13H16F2N2O. The lowest BCUT2D eigenvalue weighted by Crippen LogP contribution is -2.27. The summed E-state index contributed by atoms with van der Waals surface area (Å²) in [6.07, 6.45) is 1.35. The fourth-order valence-corrected chi connectivity index (χ4v) is 2.08. The number of nitrogens with two attached hydrogens (primary N) is 1. The van der Waals surface area contributed by atoms with Gasteiger partial charge in [0, 0.05) is 18.5 Å². The lowest BCUT2D eigenvalue weighted by Gasteiger charge is -2.04. The van der Waals surface area contributed by atoms with Gasteiger partial charge in [-0.15, -0.1) is 0 Å². The highest BCUT2D eigenvalue weighted by molar-refractivity contribution is 5.82. The molecule has 3 nitrogen and oxygen atoms in total. The van der Waals surface area contributed by atoms with Crippen LogP contribution >= 0.6 is 0 Å². The molecule has 1 aromatic carbocycles. The van der Waals surface area contributed by atoms with Gasteiger partial charge >= 0.3 is 0 Å². The fourth-order valence-electron chi connectivity index (χ4n) is 2.08. The molecule has 1 aromatic rings. The first kappa shape index (κ1) is 13.0. The molecule has 3 N–H and O–H groups in total. The van der Waals surface area contributed by atoms with E-state index in [1.807, 2.05) is 0 Å². The molecule has 0 aromatic heterocycles. The van der Waals surface area contributed by atoms with Crippen LogP contribution in [0.1, 0.15) is 24.3 Å². The van der Waals surface area contributed by atoms with E-state index in [1.165, 1.54) is 12.1 Å². The van der Waals surface area contributed by atoms with E-state index in [0.29, 0.717) is 25.1 Å². The monoisotopic (exact) mass is 254 g/mol. The van der Waals surface area contributed by atoms with Gasteiger partial charge in [0.15, 0.2) is 0 Å². The summed E-state index contributed by atoms with van der Waals surface area (Å²) < 4.78 is 26.3. The zero-order chi connectivity index (χ0) is 13.1. The summed E-state index contributed by atoms with van der Waals surface area (Å²) in [4.78, 5) is 11.7. The molecule has 0 aliphatic heterocycles. The van der Waals surface area contributed by atoms with E-state index < -0.39 is 11.6 Å². The SMILES string of the molecule is NCCCNC(=O)C1CC1c1ccc(F)cc1F. The van der Waals surface area contributed by atoms with Gasteiger partial charge in [-0.1, -0.05) is 6.07 Å². The molecule has 5 heteroatoms. The third-order valence-electron chi connectivity index (χ3n) is 3.17. The van der Waals surface area contributed by atoms with Crippen molar-refractivity contribution in [1.29, 1.82) is 0 Å². The largest absolute Gasteiger partial charge is 0.356 e. The van der Waals surface area contributed by atoms with E-state index >= 15 is 0 Å². The van der Waals surface area contributed by atoms with Crippen molar-refractivity contribution in [1.82, 2.24) is 5.32 Å². The minimum Gasteiger partial charge on any atom is -0.356 e. The average Bonchev–Trinajstić information content (AvgIpc) is 3.09. The Labute approximate surface area is 104 Å². The number of hydrogen-bond acceptors (Lipinski definition) is 2. The summed E-state index contributed by atoms with van der Waals surface area (Å²) in [6.45, 7) is 1.07. The Morgan fingerprint density at radius 2 is 2.22 bits per heavy atom. The Bertz CT molecular complexity index is 451. The van der Waals surface area contributed by atoms with Crippen LogP contribution in [-0.2, 0) is 4.79 Å². The van der Waals surface area contributed by atoms with Crippen molar-refractivity contribution in [3.05, 3.63) is 35.4 Å². The number of hydrogen-bond donors (Lipinski definition) is 2. The second-order valence-corrected chi connectivity index (χ2v) is 4.55. The molecule has 1 aliphatic carbocycles. The van der Waals surface area contributed by atoms with Gasteiger partial charge in [0.2, 0.25) is 5.91 Å². The van der Waals surface area contributed by atoms with E-state index in [1.54, 1.807) is 0 Å². The third-order valence-corrected chi connectivity index (χ3v) is 3.17. The van der Waals surface area contributed by atoms with E-state index in [4.69, 9.17) is 5.73 Å². The standard InChI is InChI=1S/C13H16F2N2O/c14-8-2-3-9(12(15)6-8)10-7-11(10)13(18)17-5-1-4-16/h2-3,6,10-11H,1,4-5,7,16H2,(H,17,18). The second-order valence-electron chi connectivity index (χ2n) is 4.55. The zero-order valence-electron chi connectivity index (χ0n) is 9.96. The van der Waals surface area contributed by atoms with Crippen LogP contribution in [0.25, 0.3) is 0 Å². The lowest BCUT2D eigenvalue weighted by atomic mass is 10.1. The molecule has 2 unspecified atom stereocenters. The van der Waals surface area contributed by atoms with Crippen LogP contribution in [-0.4, -0.2) is 19.0 Å².